The van der Waals surface area contributed by atoms with Crippen LogP contribution < -0.4 is 5.73 Å². The fraction of sp³-hybridized carbons (Fsp3) is 0.667. The number of hydrogen-bond acceptors (Lipinski definition) is 4. The van der Waals surface area contributed by atoms with Crippen LogP contribution in [0.1, 0.15) is 6.92 Å². The van der Waals surface area contributed by atoms with Crippen molar-refractivity contribution in [3.63, 3.8) is 0 Å². The van der Waals surface area contributed by atoms with Crippen LogP contribution in [0, 0.1) is 0 Å². The molecule has 0 unspecified atom stereocenters. The highest BCUT2D eigenvalue weighted by molar-refractivity contribution is 5.86. The molecule has 0 radical (unpaired) electrons. The lowest BCUT2D eigenvalue weighted by molar-refractivity contribution is -0.138. The van der Waals surface area contributed by atoms with Crippen molar-refractivity contribution in [3.05, 3.63) is 12.2 Å². The molecule has 0 aromatic carbocycles. The monoisotopic (exact) mass is 188 g/mol. The van der Waals surface area contributed by atoms with Gasteiger partial charge in [-0.2, -0.15) is 0 Å². The lowest BCUT2D eigenvalue weighted by Crippen LogP contribution is -2.13. The molecule has 4 nitrogen and oxygen atoms in total. The number of hydrogen-bond donors (Lipinski definition) is 1. The molecule has 13 heavy (non-hydrogen) atoms. The molecule has 78 valence electrons. The summed E-state index contributed by atoms with van der Waals surface area (Å²) < 4.78 is 4.59. The predicted octanol–water partition coefficient (Wildman–Crippen LogP) is 0.242. The average Bonchev–Trinajstić information content (AvgIpc) is 1.98. The highest BCUT2D eigenvalue weighted by Gasteiger charge is 1.99. The number of esters is 1. The van der Waals surface area contributed by atoms with E-state index in [2.05, 4.69) is 11.3 Å². The van der Waals surface area contributed by atoms with Crippen LogP contribution in [0.2, 0.25) is 0 Å². The van der Waals surface area contributed by atoms with Crippen molar-refractivity contribution in [1.29, 1.82) is 0 Å². The third kappa shape index (κ3) is 18.2. The summed E-state index contributed by atoms with van der Waals surface area (Å²) in [6.07, 6.45) is 0. The van der Waals surface area contributed by atoms with E-state index >= 15 is 0 Å². The van der Waals surface area contributed by atoms with Gasteiger partial charge in [-0.3, -0.25) is 0 Å². The number of nitrogens with zero attached hydrogens (tertiary/aromatic N) is 1. The third-order valence-corrected chi connectivity index (χ3v) is 0.699. The largest absolute Gasteiger partial charge is 0.461 e. The summed E-state index contributed by atoms with van der Waals surface area (Å²) in [7, 11) is 6.00. The van der Waals surface area contributed by atoms with Crippen molar-refractivity contribution in [1.82, 2.24) is 4.90 Å². The molecule has 0 atom stereocenters. The molecule has 4 heteroatoms. The minimum atomic E-state index is -0.375. The minimum Gasteiger partial charge on any atom is -0.461 e. The molecule has 0 aliphatic rings. The normalized spacial score (nSPS) is 8.77. The van der Waals surface area contributed by atoms with E-state index in [1.807, 2.05) is 26.0 Å². The standard InChI is InChI=1S/C6H11NO2.C3H9N/c1-5(2)6(8)9-4-3-7;1-4(2)3/h1,3-4,7H2,2H3;1-3H3. The van der Waals surface area contributed by atoms with E-state index in [-0.39, 0.29) is 12.6 Å². The predicted molar refractivity (Wildman–Crippen MR) is 54.4 cm³/mol. The van der Waals surface area contributed by atoms with E-state index in [0.29, 0.717) is 12.1 Å². The lowest BCUT2D eigenvalue weighted by Gasteiger charge is -1.99. The van der Waals surface area contributed by atoms with E-state index in [1.165, 1.54) is 0 Å². The van der Waals surface area contributed by atoms with Gasteiger partial charge in [0.05, 0.1) is 0 Å². The van der Waals surface area contributed by atoms with Crippen molar-refractivity contribution in [2.75, 3.05) is 34.3 Å². The van der Waals surface area contributed by atoms with Crippen molar-refractivity contribution in [3.8, 4) is 0 Å². The summed E-state index contributed by atoms with van der Waals surface area (Å²) in [6.45, 7) is 5.62. The van der Waals surface area contributed by atoms with Crippen molar-refractivity contribution in [2.24, 2.45) is 5.73 Å². The van der Waals surface area contributed by atoms with E-state index in [1.54, 1.807) is 6.92 Å². The first kappa shape index (κ1) is 14.6. The second-order valence-electron chi connectivity index (χ2n) is 3.05. The maximum atomic E-state index is 10.5. The average molecular weight is 188 g/mol. The van der Waals surface area contributed by atoms with E-state index in [9.17, 15) is 4.79 Å². The molecule has 0 bridgehead atoms. The molecule has 0 fully saturated rings. The second kappa shape index (κ2) is 9.22. The summed E-state index contributed by atoms with van der Waals surface area (Å²) in [5.74, 6) is -0.375. The first-order valence-electron chi connectivity index (χ1n) is 4.05. The van der Waals surface area contributed by atoms with Gasteiger partial charge in [0.1, 0.15) is 6.61 Å². The third-order valence-electron chi connectivity index (χ3n) is 0.699. The zero-order valence-electron chi connectivity index (χ0n) is 8.96. The number of nitrogens with two attached hydrogens (primary N) is 1. The van der Waals surface area contributed by atoms with E-state index in [4.69, 9.17) is 5.73 Å². The van der Waals surface area contributed by atoms with Crippen LogP contribution in [0.4, 0.5) is 0 Å². The van der Waals surface area contributed by atoms with E-state index < -0.39 is 0 Å². The molecule has 0 heterocycles. The Morgan fingerprint density at radius 3 is 2.08 bits per heavy atom. The second-order valence-corrected chi connectivity index (χ2v) is 3.05. The van der Waals surface area contributed by atoms with Crippen molar-refractivity contribution in [2.45, 2.75) is 6.92 Å². The molecular weight excluding hydrogens is 168 g/mol. The van der Waals surface area contributed by atoms with Gasteiger partial charge in [0.2, 0.25) is 0 Å². The molecule has 2 N–H and O–H groups in total. The topological polar surface area (TPSA) is 55.6 Å². The van der Waals surface area contributed by atoms with Gasteiger partial charge in [-0.05, 0) is 28.1 Å². The number of carbonyl (C=O) groups is 1. The van der Waals surface area contributed by atoms with Crippen LogP contribution >= 0.6 is 0 Å². The number of ether oxygens (including phenoxy) is 1. The first-order chi connectivity index (χ1) is 5.91. The van der Waals surface area contributed by atoms with Gasteiger partial charge in [-0.25, -0.2) is 4.79 Å². The van der Waals surface area contributed by atoms with Gasteiger partial charge >= 0.3 is 5.97 Å². The molecule has 0 aliphatic heterocycles. The smallest absolute Gasteiger partial charge is 0.333 e. The minimum absolute atomic E-state index is 0.270. The quantitative estimate of drug-likeness (QED) is 0.509. The van der Waals surface area contributed by atoms with Crippen LogP contribution in [0.5, 0.6) is 0 Å². The van der Waals surface area contributed by atoms with Crippen LogP contribution in [-0.2, 0) is 9.53 Å². The molecule has 0 rings (SSSR count). The Morgan fingerprint density at radius 2 is 1.85 bits per heavy atom. The fourth-order valence-corrected chi connectivity index (χ4v) is 0.275. The van der Waals surface area contributed by atoms with Crippen LogP contribution in [0.15, 0.2) is 12.2 Å². The molecule has 0 aromatic heterocycles. The summed E-state index contributed by atoms with van der Waals surface area (Å²) >= 11 is 0. The summed E-state index contributed by atoms with van der Waals surface area (Å²) in [5, 5.41) is 0. The van der Waals surface area contributed by atoms with Gasteiger partial charge in [0.25, 0.3) is 0 Å². The summed E-state index contributed by atoms with van der Waals surface area (Å²) in [4.78, 5) is 12.5. The van der Waals surface area contributed by atoms with Crippen molar-refractivity contribution >= 4 is 5.97 Å². The van der Waals surface area contributed by atoms with E-state index in [0.717, 1.165) is 0 Å². The Balaban J connectivity index is 0. The SMILES string of the molecule is C=C(C)C(=O)OCCN.CN(C)C. The summed E-state index contributed by atoms with van der Waals surface area (Å²) in [5.41, 5.74) is 5.48. The molecule has 0 aromatic rings. The van der Waals surface area contributed by atoms with Gasteiger partial charge in [0.15, 0.2) is 0 Å². The van der Waals surface area contributed by atoms with Gasteiger partial charge in [0, 0.05) is 12.1 Å². The lowest BCUT2D eigenvalue weighted by atomic mass is 10.4. The zero-order chi connectivity index (χ0) is 10.9. The van der Waals surface area contributed by atoms with Gasteiger partial charge in [-0.1, -0.05) is 6.58 Å². The molecule has 0 saturated heterocycles. The van der Waals surface area contributed by atoms with Crippen molar-refractivity contribution < 1.29 is 9.53 Å². The Bertz CT molecular complexity index is 153. The van der Waals surface area contributed by atoms with Gasteiger partial charge in [-0.15, -0.1) is 0 Å². The molecule has 0 aliphatic carbocycles. The van der Waals surface area contributed by atoms with Crippen LogP contribution in [0.3, 0.4) is 0 Å². The molecule has 0 saturated carbocycles. The zero-order valence-corrected chi connectivity index (χ0v) is 8.96. The highest BCUT2D eigenvalue weighted by atomic mass is 16.5. The fourth-order valence-electron chi connectivity index (χ4n) is 0.275. The molecule has 0 spiro atoms. The Labute approximate surface area is 80.3 Å². The van der Waals surface area contributed by atoms with Crippen LogP contribution in [-0.4, -0.2) is 45.2 Å². The first-order valence-corrected chi connectivity index (χ1v) is 4.05. The Morgan fingerprint density at radius 1 is 1.46 bits per heavy atom. The highest BCUT2D eigenvalue weighted by Crippen LogP contribution is 1.89. The number of rotatable bonds is 3. The number of carbonyl (C=O) groups excluding carboxylic acids is 1. The Kier molecular flexibility index (Phi) is 10.4. The van der Waals surface area contributed by atoms with Crippen LogP contribution in [0.25, 0.3) is 0 Å². The Hall–Kier alpha value is -0.870. The summed E-state index contributed by atoms with van der Waals surface area (Å²) in [6, 6.07) is 0. The maximum absolute atomic E-state index is 10.5. The van der Waals surface area contributed by atoms with Gasteiger partial charge < -0.3 is 15.4 Å². The maximum Gasteiger partial charge on any atom is 0.333 e. The molecule has 0 amide bonds. The molecular formula is C9H20N2O2.